The molecular formula is C15H10ClFN4O2. The Morgan fingerprint density at radius 3 is 2.65 bits per heavy atom. The van der Waals surface area contributed by atoms with Gasteiger partial charge in [-0.25, -0.2) is 9.67 Å². The summed E-state index contributed by atoms with van der Waals surface area (Å²) in [5, 5.41) is 4.42. The molecule has 6 nitrogen and oxygen atoms in total. The van der Waals surface area contributed by atoms with Gasteiger partial charge in [-0.15, -0.1) is 0 Å². The average Bonchev–Trinajstić information content (AvgIpc) is 3.07. The Morgan fingerprint density at radius 1 is 1.22 bits per heavy atom. The molecule has 0 bridgehead atoms. The van der Waals surface area contributed by atoms with Gasteiger partial charge < -0.3 is 4.74 Å². The Bertz CT molecular complexity index is 809. The lowest BCUT2D eigenvalue weighted by Crippen LogP contribution is -2.26. The van der Waals surface area contributed by atoms with Gasteiger partial charge in [0.25, 0.3) is 6.23 Å². The number of pyridine rings is 1. The smallest absolute Gasteiger partial charge is 0.257 e. The van der Waals surface area contributed by atoms with Gasteiger partial charge in [0.1, 0.15) is 12.7 Å². The second-order valence-corrected chi connectivity index (χ2v) is 4.95. The second-order valence-electron chi connectivity index (χ2n) is 4.52. The van der Waals surface area contributed by atoms with Gasteiger partial charge in [0.2, 0.25) is 17.6 Å². The molecule has 0 saturated carbocycles. The molecule has 0 aliphatic heterocycles. The van der Waals surface area contributed by atoms with E-state index in [0.29, 0.717) is 10.6 Å². The van der Waals surface area contributed by atoms with Crippen molar-refractivity contribution in [1.29, 1.82) is 0 Å². The number of nitrogens with zero attached hydrogens (tertiary/aromatic N) is 4. The van der Waals surface area contributed by atoms with E-state index in [1.54, 1.807) is 24.3 Å². The van der Waals surface area contributed by atoms with Crippen LogP contribution in [0, 0.1) is 5.95 Å². The molecule has 116 valence electrons. The van der Waals surface area contributed by atoms with Crippen LogP contribution in [0.4, 0.5) is 4.39 Å². The fourth-order valence-electron chi connectivity index (χ4n) is 1.89. The maximum absolute atomic E-state index is 13.2. The first-order valence-electron chi connectivity index (χ1n) is 6.56. The molecule has 3 rings (SSSR count). The summed E-state index contributed by atoms with van der Waals surface area (Å²) in [6.45, 7) is 0. The van der Waals surface area contributed by atoms with E-state index in [0.717, 1.165) is 0 Å². The summed E-state index contributed by atoms with van der Waals surface area (Å²) in [5.74, 6) is -1.13. The van der Waals surface area contributed by atoms with Gasteiger partial charge in [-0.1, -0.05) is 17.7 Å². The number of halogens is 2. The number of carbonyl (C=O) groups is 1. The van der Waals surface area contributed by atoms with Crippen molar-refractivity contribution in [2.75, 3.05) is 0 Å². The fraction of sp³-hybridized carbons (Fsp3) is 0.0667. The summed E-state index contributed by atoms with van der Waals surface area (Å²) in [5.41, 5.74) is 0.367. The van der Waals surface area contributed by atoms with Crippen molar-refractivity contribution >= 4 is 17.4 Å². The highest BCUT2D eigenvalue weighted by Crippen LogP contribution is 2.20. The Balaban J connectivity index is 1.93. The van der Waals surface area contributed by atoms with E-state index in [2.05, 4.69) is 15.1 Å². The normalized spacial score (nSPS) is 11.9. The maximum Gasteiger partial charge on any atom is 0.257 e. The first kappa shape index (κ1) is 15.1. The summed E-state index contributed by atoms with van der Waals surface area (Å²) in [6, 6.07) is 10.4. The lowest BCUT2D eigenvalue weighted by atomic mass is 10.1. The van der Waals surface area contributed by atoms with Crippen molar-refractivity contribution in [3.63, 3.8) is 0 Å². The quantitative estimate of drug-likeness (QED) is 0.530. The number of benzene rings is 1. The number of rotatable bonds is 5. The van der Waals surface area contributed by atoms with Crippen LogP contribution in [0.5, 0.6) is 5.88 Å². The average molecular weight is 333 g/mol. The molecule has 0 radical (unpaired) electrons. The highest BCUT2D eigenvalue weighted by molar-refractivity contribution is 6.30. The van der Waals surface area contributed by atoms with Crippen molar-refractivity contribution in [3.8, 4) is 5.88 Å². The number of ether oxygens (including phenoxy) is 1. The van der Waals surface area contributed by atoms with Gasteiger partial charge in [0, 0.05) is 16.7 Å². The molecule has 2 heterocycles. The molecule has 0 aliphatic rings. The number of hydrogen-bond donors (Lipinski definition) is 0. The van der Waals surface area contributed by atoms with E-state index >= 15 is 0 Å². The Labute approximate surface area is 135 Å². The lowest BCUT2D eigenvalue weighted by Gasteiger charge is -2.17. The van der Waals surface area contributed by atoms with Crippen LogP contribution in [0.25, 0.3) is 0 Å². The van der Waals surface area contributed by atoms with Gasteiger partial charge in [-0.2, -0.15) is 14.5 Å². The Kier molecular flexibility index (Phi) is 4.29. The van der Waals surface area contributed by atoms with E-state index in [9.17, 15) is 9.18 Å². The minimum absolute atomic E-state index is 0.0344. The SMILES string of the molecule is O=C(c1ccc(Cl)cc1)[C@@H](Oc1cccc(F)n1)n1cncn1. The zero-order chi connectivity index (χ0) is 16.2. The maximum atomic E-state index is 13.2. The molecule has 1 atom stereocenters. The van der Waals surface area contributed by atoms with Gasteiger partial charge in [-0.3, -0.25) is 4.79 Å². The monoisotopic (exact) mass is 332 g/mol. The van der Waals surface area contributed by atoms with Crippen molar-refractivity contribution in [1.82, 2.24) is 19.7 Å². The summed E-state index contributed by atoms with van der Waals surface area (Å²) >= 11 is 5.82. The molecule has 23 heavy (non-hydrogen) atoms. The fourth-order valence-corrected chi connectivity index (χ4v) is 2.02. The Hall–Kier alpha value is -2.80. The summed E-state index contributed by atoms with van der Waals surface area (Å²) in [4.78, 5) is 20.1. The number of hydrogen-bond acceptors (Lipinski definition) is 5. The second kappa shape index (κ2) is 6.53. The molecule has 0 spiro atoms. The van der Waals surface area contributed by atoms with Gasteiger partial charge >= 0.3 is 0 Å². The van der Waals surface area contributed by atoms with E-state index in [-0.39, 0.29) is 5.88 Å². The number of ketones is 1. The van der Waals surface area contributed by atoms with Crippen LogP contribution in [0.1, 0.15) is 16.6 Å². The minimum atomic E-state index is -1.16. The molecule has 0 fully saturated rings. The van der Waals surface area contributed by atoms with Crippen molar-refractivity contribution in [2.45, 2.75) is 6.23 Å². The molecule has 0 amide bonds. The number of Topliss-reactive ketones (excluding diaryl/α,β-unsaturated/α-hetero) is 1. The Morgan fingerprint density at radius 2 is 2.00 bits per heavy atom. The molecule has 0 saturated heterocycles. The standard InChI is InChI=1S/C15H10ClFN4O2/c16-11-6-4-10(5-7-11)14(22)15(21-9-18-8-19-21)23-13-3-1-2-12(17)20-13/h1-9,15H/t15-/m1/s1. The molecule has 0 N–H and O–H groups in total. The van der Waals surface area contributed by atoms with E-state index < -0.39 is 18.0 Å². The highest BCUT2D eigenvalue weighted by atomic mass is 35.5. The van der Waals surface area contributed by atoms with Gasteiger partial charge in [0.05, 0.1) is 0 Å². The molecule has 3 aromatic rings. The van der Waals surface area contributed by atoms with Crippen LogP contribution in [0.3, 0.4) is 0 Å². The molecule has 1 aromatic carbocycles. The number of carbonyl (C=O) groups excluding carboxylic acids is 1. The van der Waals surface area contributed by atoms with Crippen LogP contribution in [0.15, 0.2) is 55.1 Å². The van der Waals surface area contributed by atoms with Crippen LogP contribution < -0.4 is 4.74 Å². The third kappa shape index (κ3) is 3.51. The molecule has 8 heteroatoms. The third-order valence-corrected chi connectivity index (χ3v) is 3.20. The van der Waals surface area contributed by atoms with Crippen molar-refractivity contribution < 1.29 is 13.9 Å². The first-order valence-corrected chi connectivity index (χ1v) is 6.94. The highest BCUT2D eigenvalue weighted by Gasteiger charge is 2.25. The predicted octanol–water partition coefficient (Wildman–Crippen LogP) is 2.93. The van der Waals surface area contributed by atoms with Gasteiger partial charge in [0.15, 0.2) is 0 Å². The van der Waals surface area contributed by atoms with E-state index in [4.69, 9.17) is 16.3 Å². The molecule has 0 unspecified atom stereocenters. The van der Waals surface area contributed by atoms with Crippen LogP contribution in [-0.2, 0) is 0 Å². The van der Waals surface area contributed by atoms with Crippen molar-refractivity contribution in [3.05, 3.63) is 71.7 Å². The van der Waals surface area contributed by atoms with Crippen LogP contribution in [-0.4, -0.2) is 25.5 Å². The molecule has 0 aliphatic carbocycles. The van der Waals surface area contributed by atoms with E-state index in [1.807, 2.05) is 0 Å². The molecule has 2 aromatic heterocycles. The summed E-state index contributed by atoms with van der Waals surface area (Å²) < 4.78 is 19.9. The predicted molar refractivity (Wildman–Crippen MR) is 79.7 cm³/mol. The zero-order valence-electron chi connectivity index (χ0n) is 11.6. The van der Waals surface area contributed by atoms with Crippen molar-refractivity contribution in [2.24, 2.45) is 0 Å². The third-order valence-electron chi connectivity index (χ3n) is 2.95. The topological polar surface area (TPSA) is 69.9 Å². The summed E-state index contributed by atoms with van der Waals surface area (Å²) in [6.07, 6.45) is 1.44. The lowest BCUT2D eigenvalue weighted by molar-refractivity contribution is 0.0601. The van der Waals surface area contributed by atoms with Crippen LogP contribution in [0.2, 0.25) is 5.02 Å². The van der Waals surface area contributed by atoms with Gasteiger partial charge in [-0.05, 0) is 30.3 Å². The zero-order valence-corrected chi connectivity index (χ0v) is 12.4. The first-order chi connectivity index (χ1) is 11.1. The minimum Gasteiger partial charge on any atom is -0.444 e. The van der Waals surface area contributed by atoms with E-state index in [1.165, 1.54) is 35.5 Å². The molecular weight excluding hydrogens is 323 g/mol. The number of aromatic nitrogens is 4. The summed E-state index contributed by atoms with van der Waals surface area (Å²) in [7, 11) is 0. The van der Waals surface area contributed by atoms with Crippen LogP contribution >= 0.6 is 11.6 Å². The largest absolute Gasteiger partial charge is 0.444 e.